The van der Waals surface area contributed by atoms with Crippen molar-refractivity contribution in [2.45, 2.75) is 5.41 Å². The van der Waals surface area contributed by atoms with Crippen LogP contribution in [0.1, 0.15) is 5.56 Å². The van der Waals surface area contributed by atoms with Crippen LogP contribution in [0.5, 0.6) is 5.75 Å². The maximum Gasteiger partial charge on any atom is 0.315 e. The molecule has 5 nitrogen and oxygen atoms in total. The van der Waals surface area contributed by atoms with Gasteiger partial charge >= 0.3 is 5.97 Å². The second kappa shape index (κ2) is 4.21. The highest BCUT2D eigenvalue weighted by atomic mass is 16.5. The molecule has 0 aliphatic carbocycles. The first-order valence-electron chi connectivity index (χ1n) is 6.18. The van der Waals surface area contributed by atoms with Crippen LogP contribution in [0.2, 0.25) is 0 Å². The summed E-state index contributed by atoms with van der Waals surface area (Å²) in [5.41, 5.74) is -0.367. The number of rotatable bonds is 4. The van der Waals surface area contributed by atoms with Gasteiger partial charge in [0, 0.05) is 0 Å². The van der Waals surface area contributed by atoms with Gasteiger partial charge in [-0.25, -0.2) is 0 Å². The SMILES string of the molecule is COc1ccc(C2(C3(C(=O)O)COC3)COC2)cc1. The molecule has 2 fully saturated rings. The maximum absolute atomic E-state index is 11.7. The van der Waals surface area contributed by atoms with Crippen molar-refractivity contribution in [2.75, 3.05) is 33.5 Å². The third-order valence-corrected chi connectivity index (χ3v) is 4.36. The number of hydrogen-bond donors (Lipinski definition) is 1. The third kappa shape index (κ3) is 1.52. The molecule has 2 aliphatic heterocycles. The van der Waals surface area contributed by atoms with Gasteiger partial charge in [0.05, 0.1) is 39.0 Å². The zero-order valence-electron chi connectivity index (χ0n) is 10.7. The lowest BCUT2D eigenvalue weighted by molar-refractivity contribution is -0.236. The van der Waals surface area contributed by atoms with Crippen LogP contribution in [0.15, 0.2) is 24.3 Å². The predicted molar refractivity (Wildman–Crippen MR) is 66.4 cm³/mol. The quantitative estimate of drug-likeness (QED) is 0.881. The van der Waals surface area contributed by atoms with Gasteiger partial charge in [0.15, 0.2) is 0 Å². The van der Waals surface area contributed by atoms with E-state index in [1.54, 1.807) is 7.11 Å². The molecule has 2 heterocycles. The summed E-state index contributed by atoms with van der Waals surface area (Å²) in [6, 6.07) is 7.55. The molecule has 102 valence electrons. The van der Waals surface area contributed by atoms with Crippen LogP contribution in [0.3, 0.4) is 0 Å². The fourth-order valence-corrected chi connectivity index (χ4v) is 2.85. The van der Waals surface area contributed by atoms with Crippen LogP contribution in [-0.2, 0) is 19.7 Å². The summed E-state index contributed by atoms with van der Waals surface area (Å²) in [5.74, 6) is -0.0498. The lowest BCUT2D eigenvalue weighted by atomic mass is 9.57. The zero-order valence-corrected chi connectivity index (χ0v) is 10.7. The normalized spacial score (nSPS) is 23.0. The van der Waals surface area contributed by atoms with Crippen molar-refractivity contribution in [3.05, 3.63) is 29.8 Å². The zero-order chi connectivity index (χ0) is 13.5. The van der Waals surface area contributed by atoms with Gasteiger partial charge in [0.2, 0.25) is 0 Å². The largest absolute Gasteiger partial charge is 0.497 e. The van der Waals surface area contributed by atoms with Crippen LogP contribution >= 0.6 is 0 Å². The average molecular weight is 264 g/mol. The van der Waals surface area contributed by atoms with E-state index >= 15 is 0 Å². The van der Waals surface area contributed by atoms with Crippen molar-refractivity contribution in [1.82, 2.24) is 0 Å². The molecule has 0 atom stereocenters. The van der Waals surface area contributed by atoms with Crippen LogP contribution < -0.4 is 4.74 Å². The van der Waals surface area contributed by atoms with E-state index in [0.717, 1.165) is 11.3 Å². The number of benzene rings is 1. The standard InChI is InChI=1S/C14H16O5/c1-17-11-4-2-10(3-5-11)13(6-18-7-13)14(12(15)16)8-19-9-14/h2-5H,6-9H2,1H3,(H,15,16). The summed E-state index contributed by atoms with van der Waals surface area (Å²) < 4.78 is 15.7. The Morgan fingerprint density at radius 2 is 1.74 bits per heavy atom. The minimum atomic E-state index is -0.861. The molecule has 0 spiro atoms. The minimum Gasteiger partial charge on any atom is -0.497 e. The number of methoxy groups -OCH3 is 1. The van der Waals surface area contributed by atoms with E-state index in [9.17, 15) is 9.90 Å². The Balaban J connectivity index is 2.00. The maximum atomic E-state index is 11.7. The van der Waals surface area contributed by atoms with Crippen molar-refractivity contribution in [3.63, 3.8) is 0 Å². The van der Waals surface area contributed by atoms with E-state index in [1.165, 1.54) is 0 Å². The summed E-state index contributed by atoms with van der Waals surface area (Å²) in [5, 5.41) is 9.59. The third-order valence-electron chi connectivity index (χ3n) is 4.36. The van der Waals surface area contributed by atoms with Crippen LogP contribution in [0.4, 0.5) is 0 Å². The number of aliphatic carboxylic acids is 1. The van der Waals surface area contributed by atoms with Crippen molar-refractivity contribution >= 4 is 5.97 Å². The molecule has 5 heteroatoms. The lowest BCUT2D eigenvalue weighted by Crippen LogP contribution is -2.69. The fraction of sp³-hybridized carbons (Fsp3) is 0.500. The average Bonchev–Trinajstić information content (AvgIpc) is 2.31. The molecule has 1 aromatic carbocycles. The van der Waals surface area contributed by atoms with Gasteiger partial charge in [0.25, 0.3) is 0 Å². The van der Waals surface area contributed by atoms with Crippen LogP contribution in [0, 0.1) is 5.41 Å². The summed E-state index contributed by atoms with van der Waals surface area (Å²) in [7, 11) is 1.61. The number of carbonyl (C=O) groups is 1. The summed E-state index contributed by atoms with van der Waals surface area (Å²) in [6.07, 6.45) is 0. The first kappa shape index (κ1) is 12.4. The van der Waals surface area contributed by atoms with Gasteiger partial charge in [-0.3, -0.25) is 4.79 Å². The van der Waals surface area contributed by atoms with E-state index in [0.29, 0.717) is 13.2 Å². The topological polar surface area (TPSA) is 65.0 Å². The predicted octanol–water partition coefficient (Wildman–Crippen LogP) is 1.06. The van der Waals surface area contributed by atoms with E-state index in [2.05, 4.69) is 0 Å². The van der Waals surface area contributed by atoms with Crippen molar-refractivity contribution < 1.29 is 24.1 Å². The molecule has 1 aromatic rings. The number of hydrogen-bond acceptors (Lipinski definition) is 4. The van der Waals surface area contributed by atoms with E-state index in [-0.39, 0.29) is 13.2 Å². The number of carboxylic acids is 1. The van der Waals surface area contributed by atoms with Crippen molar-refractivity contribution in [2.24, 2.45) is 5.41 Å². The molecule has 2 saturated heterocycles. The summed E-state index contributed by atoms with van der Waals surface area (Å²) >= 11 is 0. The van der Waals surface area contributed by atoms with E-state index in [1.807, 2.05) is 24.3 Å². The van der Waals surface area contributed by atoms with Gasteiger partial charge in [-0.2, -0.15) is 0 Å². The molecule has 0 amide bonds. The first-order chi connectivity index (χ1) is 9.14. The Hall–Kier alpha value is -1.59. The fourth-order valence-electron chi connectivity index (χ4n) is 2.85. The van der Waals surface area contributed by atoms with Crippen LogP contribution in [-0.4, -0.2) is 44.6 Å². The lowest BCUT2D eigenvalue weighted by Gasteiger charge is -2.56. The van der Waals surface area contributed by atoms with E-state index in [4.69, 9.17) is 14.2 Å². The Morgan fingerprint density at radius 3 is 2.05 bits per heavy atom. The van der Waals surface area contributed by atoms with Gasteiger partial charge in [-0.05, 0) is 17.7 Å². The highest BCUT2D eigenvalue weighted by molar-refractivity contribution is 5.79. The first-order valence-corrected chi connectivity index (χ1v) is 6.18. The van der Waals surface area contributed by atoms with Crippen molar-refractivity contribution in [1.29, 1.82) is 0 Å². The second-order valence-electron chi connectivity index (χ2n) is 5.18. The molecule has 0 saturated carbocycles. The number of carboxylic acid groups (broad SMARTS) is 1. The smallest absolute Gasteiger partial charge is 0.315 e. The Labute approximate surface area is 111 Å². The molecule has 0 unspecified atom stereocenters. The number of ether oxygens (including phenoxy) is 3. The van der Waals surface area contributed by atoms with Gasteiger partial charge in [-0.15, -0.1) is 0 Å². The molecule has 1 N–H and O–H groups in total. The van der Waals surface area contributed by atoms with E-state index < -0.39 is 16.8 Å². The summed E-state index contributed by atoms with van der Waals surface area (Å²) in [4.78, 5) is 11.7. The van der Waals surface area contributed by atoms with Gasteiger partial charge < -0.3 is 19.3 Å². The highest BCUT2D eigenvalue weighted by Crippen LogP contribution is 2.52. The van der Waals surface area contributed by atoms with Crippen molar-refractivity contribution in [3.8, 4) is 5.75 Å². The molecule has 19 heavy (non-hydrogen) atoms. The Bertz CT molecular complexity index is 485. The van der Waals surface area contributed by atoms with Crippen LogP contribution in [0.25, 0.3) is 0 Å². The monoisotopic (exact) mass is 264 g/mol. The molecule has 3 rings (SSSR count). The minimum absolute atomic E-state index is 0.248. The summed E-state index contributed by atoms with van der Waals surface area (Å²) in [6.45, 7) is 1.35. The Kier molecular flexibility index (Phi) is 2.76. The molecule has 0 aromatic heterocycles. The molecular formula is C14H16O5. The van der Waals surface area contributed by atoms with Gasteiger partial charge in [0.1, 0.15) is 11.2 Å². The Morgan fingerprint density at radius 1 is 1.16 bits per heavy atom. The molecule has 0 bridgehead atoms. The molecular weight excluding hydrogens is 248 g/mol. The molecule has 0 radical (unpaired) electrons. The molecule has 2 aliphatic rings. The highest BCUT2D eigenvalue weighted by Gasteiger charge is 2.65. The van der Waals surface area contributed by atoms with Gasteiger partial charge in [-0.1, -0.05) is 12.1 Å². The second-order valence-corrected chi connectivity index (χ2v) is 5.18.